The molecule has 8 N–H and O–H groups in total. The Morgan fingerprint density at radius 2 is 1.27 bits per heavy atom. The highest BCUT2D eigenvalue weighted by molar-refractivity contribution is 7.98. The summed E-state index contributed by atoms with van der Waals surface area (Å²) < 4.78 is 0. The van der Waals surface area contributed by atoms with Crippen LogP contribution in [0.1, 0.15) is 39.5 Å². The first-order valence-corrected chi connectivity index (χ1v) is 11.5. The molecule has 0 radical (unpaired) electrons. The second-order valence-electron chi connectivity index (χ2n) is 7.74. The number of nitrogens with one attached hydrogen (secondary N) is 3. The minimum Gasteiger partial charge on any atom is -0.481 e. The zero-order valence-electron chi connectivity index (χ0n) is 18.7. The molecule has 0 aliphatic heterocycles. The Hall–Kier alpha value is -2.87. The molecule has 0 rings (SSSR count). The highest BCUT2D eigenvalue weighted by Gasteiger charge is 2.31. The third kappa shape index (κ3) is 12.7. The average molecular weight is 493 g/mol. The van der Waals surface area contributed by atoms with E-state index in [1.165, 1.54) is 11.8 Å². The molecule has 0 saturated carbocycles. The van der Waals surface area contributed by atoms with E-state index in [1.54, 1.807) is 20.1 Å². The number of nitrogens with two attached hydrogens (primary N) is 1. The van der Waals surface area contributed by atoms with Crippen LogP contribution in [0.3, 0.4) is 0 Å². The van der Waals surface area contributed by atoms with Crippen molar-refractivity contribution in [1.29, 1.82) is 0 Å². The molecule has 0 aromatic carbocycles. The topological polar surface area (TPSA) is 225 Å². The van der Waals surface area contributed by atoms with Gasteiger partial charge in [-0.2, -0.15) is 11.8 Å². The van der Waals surface area contributed by atoms with Crippen molar-refractivity contribution >= 4 is 47.4 Å². The van der Waals surface area contributed by atoms with E-state index in [-0.39, 0.29) is 18.8 Å². The molecule has 188 valence electrons. The van der Waals surface area contributed by atoms with E-state index in [0.717, 1.165) is 0 Å². The number of carbonyl (C=O) groups excluding carboxylic acids is 3. The van der Waals surface area contributed by atoms with Crippen LogP contribution in [0.5, 0.6) is 0 Å². The van der Waals surface area contributed by atoms with Crippen LogP contribution in [0.25, 0.3) is 0 Å². The number of amides is 3. The van der Waals surface area contributed by atoms with E-state index >= 15 is 0 Å². The van der Waals surface area contributed by atoms with Gasteiger partial charge >= 0.3 is 17.9 Å². The lowest BCUT2D eigenvalue weighted by atomic mass is 10.0. The third-order valence-electron chi connectivity index (χ3n) is 4.31. The van der Waals surface area contributed by atoms with E-state index in [0.29, 0.717) is 5.75 Å². The summed E-state index contributed by atoms with van der Waals surface area (Å²) >= 11 is 1.37. The molecule has 0 heterocycles. The molecule has 0 saturated heterocycles. The monoisotopic (exact) mass is 492 g/mol. The van der Waals surface area contributed by atoms with Crippen LogP contribution >= 0.6 is 11.8 Å². The summed E-state index contributed by atoms with van der Waals surface area (Å²) in [4.78, 5) is 70.6. The van der Waals surface area contributed by atoms with Crippen LogP contribution in [0.15, 0.2) is 0 Å². The molecule has 0 aliphatic carbocycles. The maximum absolute atomic E-state index is 12.9. The first kappa shape index (κ1) is 30.1. The van der Waals surface area contributed by atoms with Crippen molar-refractivity contribution < 1.29 is 44.1 Å². The maximum atomic E-state index is 12.9. The van der Waals surface area contributed by atoms with Crippen molar-refractivity contribution in [3.8, 4) is 0 Å². The minimum absolute atomic E-state index is 0.0674. The molecule has 0 spiro atoms. The second-order valence-corrected chi connectivity index (χ2v) is 8.72. The number of hydrogen-bond donors (Lipinski definition) is 7. The molecule has 0 fully saturated rings. The second kappa shape index (κ2) is 15.1. The summed E-state index contributed by atoms with van der Waals surface area (Å²) in [6.07, 6.45) is 0.537. The highest BCUT2D eigenvalue weighted by atomic mass is 32.2. The molecule has 4 atom stereocenters. The highest BCUT2D eigenvalue weighted by Crippen LogP contribution is 2.08. The van der Waals surface area contributed by atoms with Gasteiger partial charge in [0.15, 0.2) is 0 Å². The van der Waals surface area contributed by atoms with Gasteiger partial charge in [-0.1, -0.05) is 13.8 Å². The Bertz CT molecular complexity index is 732. The van der Waals surface area contributed by atoms with E-state index in [2.05, 4.69) is 16.0 Å². The summed E-state index contributed by atoms with van der Waals surface area (Å²) in [5.41, 5.74) is 5.54. The third-order valence-corrected chi connectivity index (χ3v) is 4.95. The molecule has 4 unspecified atom stereocenters. The summed E-state index contributed by atoms with van der Waals surface area (Å²) in [6.45, 7) is 3.57. The Morgan fingerprint density at radius 3 is 1.73 bits per heavy atom. The molecule has 0 aromatic rings. The number of carboxylic acid groups (broad SMARTS) is 3. The first-order chi connectivity index (χ1) is 15.3. The molecule has 14 heteroatoms. The number of rotatable bonds is 16. The molecular formula is C19H32N4O9S. The molecule has 13 nitrogen and oxygen atoms in total. The standard InChI is InChI=1S/C19H32N4O9S/c1-9(2)6-12(22-16(28)10(20)7-14(24)25)18(30)21-11(4-5-33-3)17(29)23-13(19(31)32)8-15(26)27/h9-13H,4-8,20H2,1-3H3,(H,21,30)(H,22,28)(H,23,29)(H,24,25)(H,26,27)(H,31,32). The molecule has 3 amide bonds. The zero-order chi connectivity index (χ0) is 25.7. The number of hydrogen-bond acceptors (Lipinski definition) is 8. The van der Waals surface area contributed by atoms with Gasteiger partial charge in [0.2, 0.25) is 17.7 Å². The van der Waals surface area contributed by atoms with E-state index in [9.17, 15) is 28.8 Å². The Morgan fingerprint density at radius 1 is 0.788 bits per heavy atom. The van der Waals surface area contributed by atoms with Crippen molar-refractivity contribution in [2.75, 3.05) is 12.0 Å². The van der Waals surface area contributed by atoms with Crippen molar-refractivity contribution in [3.63, 3.8) is 0 Å². The maximum Gasteiger partial charge on any atom is 0.326 e. The minimum atomic E-state index is -1.69. The Kier molecular flexibility index (Phi) is 13.7. The lowest BCUT2D eigenvalue weighted by Gasteiger charge is -2.25. The zero-order valence-corrected chi connectivity index (χ0v) is 19.5. The Labute approximate surface area is 195 Å². The van der Waals surface area contributed by atoms with Crippen LogP contribution in [-0.4, -0.2) is 87.1 Å². The van der Waals surface area contributed by atoms with Gasteiger partial charge in [-0.3, -0.25) is 24.0 Å². The number of thioether (sulfide) groups is 1. The predicted octanol–water partition coefficient (Wildman–Crippen LogP) is -1.40. The van der Waals surface area contributed by atoms with Gasteiger partial charge in [-0.15, -0.1) is 0 Å². The first-order valence-electron chi connectivity index (χ1n) is 10.1. The summed E-state index contributed by atoms with van der Waals surface area (Å²) in [5.74, 6) is -6.39. The smallest absolute Gasteiger partial charge is 0.326 e. The SMILES string of the molecule is CSCCC(NC(=O)C(CC(C)C)NC(=O)C(N)CC(=O)O)C(=O)NC(CC(=O)O)C(=O)O. The molecule has 0 aliphatic rings. The van der Waals surface area contributed by atoms with E-state index in [1.807, 2.05) is 0 Å². The van der Waals surface area contributed by atoms with Gasteiger partial charge in [-0.05, 0) is 30.8 Å². The van der Waals surface area contributed by atoms with Gasteiger partial charge in [0.05, 0.1) is 18.9 Å². The van der Waals surface area contributed by atoms with E-state index in [4.69, 9.17) is 21.1 Å². The fraction of sp³-hybridized carbons (Fsp3) is 0.684. The van der Waals surface area contributed by atoms with Gasteiger partial charge in [0.25, 0.3) is 0 Å². The predicted molar refractivity (Wildman–Crippen MR) is 118 cm³/mol. The van der Waals surface area contributed by atoms with Crippen LogP contribution in [0, 0.1) is 5.92 Å². The fourth-order valence-corrected chi connectivity index (χ4v) is 3.16. The quantitative estimate of drug-likeness (QED) is 0.133. The van der Waals surface area contributed by atoms with Gasteiger partial charge in [0.1, 0.15) is 18.1 Å². The van der Waals surface area contributed by atoms with E-state index < -0.39 is 72.6 Å². The molecular weight excluding hydrogens is 460 g/mol. The number of carboxylic acids is 3. The normalized spacial score (nSPS) is 14.5. The van der Waals surface area contributed by atoms with Crippen molar-refractivity contribution in [2.45, 2.75) is 63.7 Å². The van der Waals surface area contributed by atoms with Gasteiger partial charge < -0.3 is 37.0 Å². The largest absolute Gasteiger partial charge is 0.481 e. The van der Waals surface area contributed by atoms with Crippen molar-refractivity contribution in [1.82, 2.24) is 16.0 Å². The van der Waals surface area contributed by atoms with Crippen LogP contribution in [0.4, 0.5) is 0 Å². The molecule has 0 aromatic heterocycles. The van der Waals surface area contributed by atoms with Crippen molar-refractivity contribution in [2.24, 2.45) is 11.7 Å². The number of aliphatic carboxylic acids is 3. The van der Waals surface area contributed by atoms with Gasteiger partial charge in [-0.25, -0.2) is 4.79 Å². The summed E-state index contributed by atoms with van der Waals surface area (Å²) in [5, 5.41) is 33.7. The van der Waals surface area contributed by atoms with Crippen LogP contribution < -0.4 is 21.7 Å². The number of carbonyl (C=O) groups is 6. The van der Waals surface area contributed by atoms with Gasteiger partial charge in [0, 0.05) is 0 Å². The van der Waals surface area contributed by atoms with Crippen LogP contribution in [-0.2, 0) is 28.8 Å². The fourth-order valence-electron chi connectivity index (χ4n) is 2.69. The molecule has 33 heavy (non-hydrogen) atoms. The lowest BCUT2D eigenvalue weighted by molar-refractivity contribution is -0.147. The van der Waals surface area contributed by atoms with Crippen molar-refractivity contribution in [3.05, 3.63) is 0 Å². The lowest BCUT2D eigenvalue weighted by Crippen LogP contribution is -2.57. The summed E-state index contributed by atoms with van der Waals surface area (Å²) in [6, 6.07) is -5.40. The Balaban J connectivity index is 5.49. The average Bonchev–Trinajstić information content (AvgIpc) is 2.68. The molecule has 0 bridgehead atoms. The van der Waals surface area contributed by atoms with Crippen LogP contribution in [0.2, 0.25) is 0 Å². The summed E-state index contributed by atoms with van der Waals surface area (Å²) in [7, 11) is 0.